The SMILES string of the molecule is CN(C(=O)OC(C)(C)C)[C@@H](CC(C)(C)F)C(=O)OC(Cc1ccc(C2CCOCC2)cc1)C(=O)O. The molecule has 0 saturated carbocycles. The number of likely N-dealkylation sites (N-methyl/N-ethyl adjacent to an activating group) is 1. The van der Waals surface area contributed by atoms with Crippen molar-refractivity contribution in [3.8, 4) is 0 Å². The van der Waals surface area contributed by atoms with Gasteiger partial charge >= 0.3 is 18.0 Å². The number of carboxylic acids is 1. The van der Waals surface area contributed by atoms with Gasteiger partial charge in [0.05, 0.1) is 0 Å². The van der Waals surface area contributed by atoms with E-state index in [4.69, 9.17) is 14.2 Å². The van der Waals surface area contributed by atoms with Crippen LogP contribution in [-0.4, -0.2) is 71.7 Å². The van der Waals surface area contributed by atoms with Gasteiger partial charge in [0.25, 0.3) is 0 Å². The summed E-state index contributed by atoms with van der Waals surface area (Å²) in [6.45, 7) is 8.97. The summed E-state index contributed by atoms with van der Waals surface area (Å²) in [7, 11) is 1.30. The fourth-order valence-corrected chi connectivity index (χ4v) is 3.87. The monoisotopic (exact) mass is 495 g/mol. The second-order valence-corrected chi connectivity index (χ2v) is 10.6. The molecule has 2 rings (SSSR count). The lowest BCUT2D eigenvalue weighted by atomic mass is 9.91. The molecule has 0 spiro atoms. The summed E-state index contributed by atoms with van der Waals surface area (Å²) in [5.74, 6) is -1.93. The van der Waals surface area contributed by atoms with Crippen LogP contribution in [-0.2, 0) is 30.2 Å². The number of carbonyl (C=O) groups excluding carboxylic acids is 2. The molecule has 2 atom stereocenters. The van der Waals surface area contributed by atoms with Gasteiger partial charge in [0.2, 0.25) is 6.10 Å². The minimum absolute atomic E-state index is 0.0585. The lowest BCUT2D eigenvalue weighted by Gasteiger charge is -2.32. The summed E-state index contributed by atoms with van der Waals surface area (Å²) in [5.41, 5.74) is -0.807. The number of aliphatic carboxylic acids is 1. The number of benzene rings is 1. The van der Waals surface area contributed by atoms with Gasteiger partial charge in [-0.1, -0.05) is 24.3 Å². The molecule has 1 aromatic carbocycles. The second kappa shape index (κ2) is 11.8. The molecule has 1 fully saturated rings. The normalized spacial score (nSPS) is 16.8. The van der Waals surface area contributed by atoms with Crippen molar-refractivity contribution in [1.29, 1.82) is 0 Å². The van der Waals surface area contributed by atoms with Crippen molar-refractivity contribution in [2.24, 2.45) is 0 Å². The Bertz CT molecular complexity index is 867. The van der Waals surface area contributed by atoms with E-state index in [1.54, 1.807) is 20.8 Å². The first-order chi connectivity index (χ1) is 16.2. The molecule has 1 heterocycles. The lowest BCUT2D eigenvalue weighted by Crippen LogP contribution is -2.49. The Labute approximate surface area is 206 Å². The zero-order chi connectivity index (χ0) is 26.4. The second-order valence-electron chi connectivity index (χ2n) is 10.6. The molecule has 0 aliphatic carbocycles. The van der Waals surface area contributed by atoms with Crippen LogP contribution in [0.25, 0.3) is 0 Å². The molecule has 0 bridgehead atoms. The number of amides is 1. The Balaban J connectivity index is 2.13. The van der Waals surface area contributed by atoms with E-state index in [0.29, 0.717) is 11.5 Å². The molecule has 1 unspecified atom stereocenters. The van der Waals surface area contributed by atoms with Crippen LogP contribution in [0.1, 0.15) is 70.9 Å². The van der Waals surface area contributed by atoms with Crippen molar-refractivity contribution in [3.63, 3.8) is 0 Å². The number of rotatable bonds is 9. The topological polar surface area (TPSA) is 102 Å². The van der Waals surface area contributed by atoms with Crippen LogP contribution in [0.3, 0.4) is 0 Å². The van der Waals surface area contributed by atoms with Gasteiger partial charge in [-0.05, 0) is 64.5 Å². The molecule has 1 N–H and O–H groups in total. The van der Waals surface area contributed by atoms with Crippen LogP contribution in [0.4, 0.5) is 9.18 Å². The van der Waals surface area contributed by atoms with Crippen LogP contribution in [0.15, 0.2) is 24.3 Å². The van der Waals surface area contributed by atoms with Gasteiger partial charge < -0.3 is 19.3 Å². The van der Waals surface area contributed by atoms with Gasteiger partial charge in [-0.15, -0.1) is 0 Å². The first-order valence-electron chi connectivity index (χ1n) is 11.9. The fourth-order valence-electron chi connectivity index (χ4n) is 3.87. The third-order valence-electron chi connectivity index (χ3n) is 5.73. The van der Waals surface area contributed by atoms with Crippen molar-refractivity contribution < 1.29 is 38.1 Å². The van der Waals surface area contributed by atoms with E-state index >= 15 is 0 Å². The van der Waals surface area contributed by atoms with Crippen molar-refractivity contribution in [2.75, 3.05) is 20.3 Å². The highest BCUT2D eigenvalue weighted by atomic mass is 19.1. The maximum Gasteiger partial charge on any atom is 0.410 e. The number of carbonyl (C=O) groups is 3. The van der Waals surface area contributed by atoms with E-state index in [0.717, 1.165) is 36.5 Å². The Hall–Kier alpha value is -2.68. The number of hydrogen-bond acceptors (Lipinski definition) is 6. The summed E-state index contributed by atoms with van der Waals surface area (Å²) < 4.78 is 30.5. The first-order valence-corrected chi connectivity index (χ1v) is 11.9. The average Bonchev–Trinajstić information content (AvgIpc) is 2.75. The Kier molecular flexibility index (Phi) is 9.66. The van der Waals surface area contributed by atoms with Gasteiger partial charge in [0.1, 0.15) is 17.3 Å². The molecule has 1 saturated heterocycles. The molecule has 1 amide bonds. The highest BCUT2D eigenvalue weighted by Gasteiger charge is 2.38. The minimum Gasteiger partial charge on any atom is -0.478 e. The van der Waals surface area contributed by atoms with Crippen molar-refractivity contribution in [2.45, 2.75) is 89.6 Å². The maximum atomic E-state index is 14.5. The number of ether oxygens (including phenoxy) is 3. The summed E-state index contributed by atoms with van der Waals surface area (Å²) >= 11 is 0. The van der Waals surface area contributed by atoms with E-state index in [9.17, 15) is 23.9 Å². The highest BCUT2D eigenvalue weighted by molar-refractivity contribution is 5.84. The van der Waals surface area contributed by atoms with E-state index < -0.39 is 41.4 Å². The molecule has 0 aromatic heterocycles. The summed E-state index contributed by atoms with van der Waals surface area (Å²) in [4.78, 5) is 38.3. The van der Waals surface area contributed by atoms with Crippen molar-refractivity contribution >= 4 is 18.0 Å². The molecule has 35 heavy (non-hydrogen) atoms. The molecular formula is C26H38FNO7. The smallest absolute Gasteiger partial charge is 0.410 e. The zero-order valence-electron chi connectivity index (χ0n) is 21.5. The molecular weight excluding hydrogens is 457 g/mol. The third-order valence-corrected chi connectivity index (χ3v) is 5.73. The van der Waals surface area contributed by atoms with Gasteiger partial charge in [0.15, 0.2) is 0 Å². The van der Waals surface area contributed by atoms with Gasteiger partial charge in [0, 0.05) is 33.1 Å². The standard InChI is InChI=1S/C26H38FNO7/c1-25(2,3)35-24(32)28(6)20(16-26(4,5)27)23(31)34-21(22(29)30)15-17-7-9-18(10-8-17)19-11-13-33-14-12-19/h7-10,19-21H,11-16H2,1-6H3,(H,29,30)/t20-,21?/m0/s1. The van der Waals surface area contributed by atoms with Crippen LogP contribution in [0.2, 0.25) is 0 Å². The molecule has 9 heteroatoms. The van der Waals surface area contributed by atoms with Crippen LogP contribution in [0, 0.1) is 0 Å². The average molecular weight is 496 g/mol. The number of carboxylic acid groups (broad SMARTS) is 1. The first kappa shape index (κ1) is 28.6. The van der Waals surface area contributed by atoms with Gasteiger partial charge in [-0.25, -0.2) is 18.8 Å². The third kappa shape index (κ3) is 9.47. The molecule has 196 valence electrons. The number of halogens is 1. The van der Waals surface area contributed by atoms with Crippen LogP contribution in [0.5, 0.6) is 0 Å². The zero-order valence-corrected chi connectivity index (χ0v) is 21.5. The summed E-state index contributed by atoms with van der Waals surface area (Å²) in [5, 5.41) is 9.69. The fraction of sp³-hybridized carbons (Fsp3) is 0.654. The van der Waals surface area contributed by atoms with E-state index in [2.05, 4.69) is 0 Å². The summed E-state index contributed by atoms with van der Waals surface area (Å²) in [6, 6.07) is 6.20. The molecule has 8 nitrogen and oxygen atoms in total. The van der Waals surface area contributed by atoms with Gasteiger partial charge in [-0.3, -0.25) is 4.90 Å². The Morgan fingerprint density at radius 2 is 1.69 bits per heavy atom. The largest absolute Gasteiger partial charge is 0.478 e. The predicted octanol–water partition coefficient (Wildman–Crippen LogP) is 4.49. The number of esters is 1. The molecule has 0 radical (unpaired) electrons. The predicted molar refractivity (Wildman–Crippen MR) is 128 cm³/mol. The maximum absolute atomic E-state index is 14.5. The van der Waals surface area contributed by atoms with E-state index in [1.807, 2.05) is 24.3 Å². The number of alkyl halides is 1. The molecule has 1 aliphatic heterocycles. The highest BCUT2D eigenvalue weighted by Crippen LogP contribution is 2.27. The molecule has 1 aliphatic rings. The van der Waals surface area contributed by atoms with Crippen LogP contribution >= 0.6 is 0 Å². The van der Waals surface area contributed by atoms with Gasteiger partial charge in [-0.2, -0.15) is 0 Å². The quantitative estimate of drug-likeness (QED) is 0.504. The number of nitrogens with zero attached hydrogens (tertiary/aromatic N) is 1. The van der Waals surface area contributed by atoms with E-state index in [1.165, 1.54) is 20.9 Å². The van der Waals surface area contributed by atoms with Crippen molar-refractivity contribution in [3.05, 3.63) is 35.4 Å². The lowest BCUT2D eigenvalue weighted by molar-refractivity contribution is -0.168. The Morgan fingerprint density at radius 1 is 1.11 bits per heavy atom. The number of hydrogen-bond donors (Lipinski definition) is 1. The Morgan fingerprint density at radius 3 is 2.17 bits per heavy atom. The summed E-state index contributed by atoms with van der Waals surface area (Å²) in [6.07, 6.45) is -0.892. The van der Waals surface area contributed by atoms with Crippen LogP contribution < -0.4 is 0 Å². The molecule has 1 aromatic rings. The minimum atomic E-state index is -1.82. The van der Waals surface area contributed by atoms with E-state index in [-0.39, 0.29) is 12.8 Å². The van der Waals surface area contributed by atoms with Crippen molar-refractivity contribution in [1.82, 2.24) is 4.90 Å².